The number of rotatable bonds is 3. The molecule has 90 valence electrons. The molecule has 0 N–H and O–H groups in total. The van der Waals surface area contributed by atoms with Crippen LogP contribution in [-0.4, -0.2) is 16.3 Å². The zero-order valence-corrected chi connectivity index (χ0v) is 10.0. The predicted molar refractivity (Wildman–Crippen MR) is 69.4 cm³/mol. The zero-order valence-electron chi connectivity index (χ0n) is 10.0. The number of carbonyl (C=O) groups excluding carboxylic acids is 1. The van der Waals surface area contributed by atoms with Crippen molar-refractivity contribution >= 4 is 6.29 Å². The Kier molecular flexibility index (Phi) is 2.89. The summed E-state index contributed by atoms with van der Waals surface area (Å²) in [5.74, 6) is 1.23. The summed E-state index contributed by atoms with van der Waals surface area (Å²) >= 11 is 0. The van der Waals surface area contributed by atoms with E-state index in [2.05, 4.69) is 9.97 Å². The van der Waals surface area contributed by atoms with E-state index < -0.39 is 0 Å². The Labute approximate surface area is 106 Å². The van der Waals surface area contributed by atoms with Crippen molar-refractivity contribution in [1.29, 1.82) is 0 Å². The highest BCUT2D eigenvalue weighted by Gasteiger charge is 2.21. The lowest BCUT2D eigenvalue weighted by Crippen LogP contribution is -2.11. The van der Waals surface area contributed by atoms with Gasteiger partial charge in [-0.3, -0.25) is 4.79 Å². The van der Waals surface area contributed by atoms with Gasteiger partial charge in [0.05, 0.1) is 0 Å². The van der Waals surface area contributed by atoms with Gasteiger partial charge in [-0.05, 0) is 18.9 Å². The molecule has 2 aromatic rings. The third kappa shape index (κ3) is 1.92. The van der Waals surface area contributed by atoms with Crippen LogP contribution in [0.4, 0.5) is 0 Å². The van der Waals surface area contributed by atoms with Gasteiger partial charge in [-0.15, -0.1) is 0 Å². The van der Waals surface area contributed by atoms with Gasteiger partial charge in [0.1, 0.15) is 0 Å². The van der Waals surface area contributed by atoms with Gasteiger partial charge < -0.3 is 0 Å². The van der Waals surface area contributed by atoms with E-state index in [0.717, 1.165) is 17.5 Å². The number of nitrogens with zero attached hydrogens (tertiary/aromatic N) is 2. The van der Waals surface area contributed by atoms with E-state index >= 15 is 0 Å². The first-order chi connectivity index (χ1) is 8.88. The summed E-state index contributed by atoms with van der Waals surface area (Å²) in [6.07, 6.45) is 6.36. The SMILES string of the molecule is O=Cc1ccccc1-c1nccc(C2CCC2)n1. The van der Waals surface area contributed by atoms with E-state index in [0.29, 0.717) is 17.3 Å². The predicted octanol–water partition coefficient (Wildman–Crippen LogP) is 3.22. The Morgan fingerprint density at radius 3 is 2.72 bits per heavy atom. The summed E-state index contributed by atoms with van der Waals surface area (Å²) in [6.45, 7) is 0. The number of hydrogen-bond acceptors (Lipinski definition) is 3. The molecule has 3 nitrogen and oxygen atoms in total. The van der Waals surface area contributed by atoms with E-state index in [1.54, 1.807) is 12.3 Å². The van der Waals surface area contributed by atoms with Gasteiger partial charge >= 0.3 is 0 Å². The number of benzene rings is 1. The van der Waals surface area contributed by atoms with Crippen LogP contribution in [0.5, 0.6) is 0 Å². The minimum absolute atomic E-state index is 0.579. The maximum atomic E-state index is 11.0. The number of aromatic nitrogens is 2. The number of hydrogen-bond donors (Lipinski definition) is 0. The molecule has 0 saturated heterocycles. The highest BCUT2D eigenvalue weighted by Crippen LogP contribution is 2.35. The third-order valence-corrected chi connectivity index (χ3v) is 3.53. The van der Waals surface area contributed by atoms with Crippen LogP contribution in [0.3, 0.4) is 0 Å². The molecule has 0 bridgehead atoms. The molecule has 1 aliphatic rings. The molecule has 0 radical (unpaired) electrons. The molecule has 3 rings (SSSR count). The third-order valence-electron chi connectivity index (χ3n) is 3.53. The van der Waals surface area contributed by atoms with Crippen LogP contribution >= 0.6 is 0 Å². The fourth-order valence-electron chi connectivity index (χ4n) is 2.24. The maximum Gasteiger partial charge on any atom is 0.160 e. The minimum Gasteiger partial charge on any atom is -0.298 e. The normalized spacial score (nSPS) is 15.1. The molecule has 0 amide bonds. The lowest BCUT2D eigenvalue weighted by molar-refractivity contribution is 0.112. The first-order valence-corrected chi connectivity index (χ1v) is 6.26. The maximum absolute atomic E-state index is 11.0. The summed E-state index contributed by atoms with van der Waals surface area (Å²) in [6, 6.07) is 9.42. The monoisotopic (exact) mass is 238 g/mol. The summed E-state index contributed by atoms with van der Waals surface area (Å²) < 4.78 is 0. The Bertz CT molecular complexity index is 576. The molecular formula is C15H14N2O. The first kappa shape index (κ1) is 11.1. The molecule has 18 heavy (non-hydrogen) atoms. The molecule has 1 aliphatic carbocycles. The van der Waals surface area contributed by atoms with Crippen molar-refractivity contribution in [3.05, 3.63) is 47.8 Å². The van der Waals surface area contributed by atoms with Gasteiger partial charge in [-0.2, -0.15) is 0 Å². The van der Waals surface area contributed by atoms with Crippen molar-refractivity contribution in [2.45, 2.75) is 25.2 Å². The molecule has 1 heterocycles. The van der Waals surface area contributed by atoms with Crippen LogP contribution in [-0.2, 0) is 0 Å². The lowest BCUT2D eigenvalue weighted by atomic mass is 9.83. The van der Waals surface area contributed by atoms with Gasteiger partial charge in [0.2, 0.25) is 0 Å². The Morgan fingerprint density at radius 2 is 2.00 bits per heavy atom. The number of carbonyl (C=O) groups is 1. The molecule has 0 atom stereocenters. The molecule has 1 fully saturated rings. The van der Waals surface area contributed by atoms with Gasteiger partial charge in [-0.1, -0.05) is 30.7 Å². The van der Waals surface area contributed by atoms with Crippen LogP contribution in [0.2, 0.25) is 0 Å². The van der Waals surface area contributed by atoms with E-state index in [9.17, 15) is 4.79 Å². The molecule has 1 saturated carbocycles. The van der Waals surface area contributed by atoms with Gasteiger partial charge in [-0.25, -0.2) is 9.97 Å². The van der Waals surface area contributed by atoms with Crippen molar-refractivity contribution in [3.8, 4) is 11.4 Å². The fraction of sp³-hybridized carbons (Fsp3) is 0.267. The van der Waals surface area contributed by atoms with Crippen LogP contribution in [0, 0.1) is 0 Å². The van der Waals surface area contributed by atoms with E-state index in [1.165, 1.54) is 19.3 Å². The summed E-state index contributed by atoms with van der Waals surface area (Å²) in [5, 5.41) is 0. The number of aldehydes is 1. The van der Waals surface area contributed by atoms with Gasteiger partial charge in [0.15, 0.2) is 12.1 Å². The second kappa shape index (κ2) is 4.69. The van der Waals surface area contributed by atoms with Crippen LogP contribution < -0.4 is 0 Å². The van der Waals surface area contributed by atoms with Crippen molar-refractivity contribution in [3.63, 3.8) is 0 Å². The molecular weight excluding hydrogens is 224 g/mol. The molecule has 1 aromatic heterocycles. The molecule has 3 heteroatoms. The van der Waals surface area contributed by atoms with Crippen molar-refractivity contribution in [1.82, 2.24) is 9.97 Å². The quantitative estimate of drug-likeness (QED) is 0.771. The van der Waals surface area contributed by atoms with Gasteiger partial charge in [0, 0.05) is 28.9 Å². The van der Waals surface area contributed by atoms with Crippen molar-refractivity contribution in [2.75, 3.05) is 0 Å². The summed E-state index contributed by atoms with van der Waals surface area (Å²) in [7, 11) is 0. The van der Waals surface area contributed by atoms with Crippen LogP contribution in [0.15, 0.2) is 36.5 Å². The lowest BCUT2D eigenvalue weighted by Gasteiger charge is -2.24. The second-order valence-electron chi connectivity index (χ2n) is 4.64. The summed E-state index contributed by atoms with van der Waals surface area (Å²) in [5.41, 5.74) is 2.56. The first-order valence-electron chi connectivity index (χ1n) is 6.26. The molecule has 0 unspecified atom stereocenters. The highest BCUT2D eigenvalue weighted by molar-refractivity contribution is 5.85. The van der Waals surface area contributed by atoms with E-state index in [1.807, 2.05) is 24.3 Å². The Balaban J connectivity index is 2.02. The second-order valence-corrected chi connectivity index (χ2v) is 4.64. The Morgan fingerprint density at radius 1 is 1.17 bits per heavy atom. The zero-order chi connectivity index (χ0) is 12.4. The van der Waals surface area contributed by atoms with E-state index in [-0.39, 0.29) is 0 Å². The fourth-order valence-corrected chi connectivity index (χ4v) is 2.24. The molecule has 0 aliphatic heterocycles. The average Bonchev–Trinajstić information content (AvgIpc) is 2.37. The smallest absolute Gasteiger partial charge is 0.160 e. The minimum atomic E-state index is 0.579. The summed E-state index contributed by atoms with van der Waals surface area (Å²) in [4.78, 5) is 19.9. The van der Waals surface area contributed by atoms with Crippen LogP contribution in [0.25, 0.3) is 11.4 Å². The highest BCUT2D eigenvalue weighted by atomic mass is 16.1. The standard InChI is InChI=1S/C15H14N2O/c18-10-12-4-1-2-7-13(12)15-16-9-8-14(17-15)11-5-3-6-11/h1-2,4,7-11H,3,5-6H2. The van der Waals surface area contributed by atoms with Crippen molar-refractivity contribution in [2.24, 2.45) is 0 Å². The van der Waals surface area contributed by atoms with Crippen LogP contribution in [0.1, 0.15) is 41.2 Å². The topological polar surface area (TPSA) is 42.9 Å². The van der Waals surface area contributed by atoms with Gasteiger partial charge in [0.25, 0.3) is 0 Å². The average molecular weight is 238 g/mol. The molecule has 1 aromatic carbocycles. The van der Waals surface area contributed by atoms with Crippen molar-refractivity contribution < 1.29 is 4.79 Å². The van der Waals surface area contributed by atoms with E-state index in [4.69, 9.17) is 0 Å². The molecule has 0 spiro atoms. The Hall–Kier alpha value is -2.03. The largest absolute Gasteiger partial charge is 0.298 e.